The summed E-state index contributed by atoms with van der Waals surface area (Å²) in [5, 5.41) is 31.9. The molecule has 0 aromatic heterocycles. The lowest BCUT2D eigenvalue weighted by atomic mass is 10.1. The third-order valence-electron chi connectivity index (χ3n) is 3.98. The quantitative estimate of drug-likeness (QED) is 0.145. The number of amidine groups is 1. The average Bonchev–Trinajstić information content (AvgIpc) is 2.86. The average molecular weight is 359 g/mol. The first kappa shape index (κ1) is 19.4. The molecule has 11 heteroatoms. The van der Waals surface area contributed by atoms with Crippen molar-refractivity contribution < 1.29 is 19.3 Å². The van der Waals surface area contributed by atoms with Crippen LogP contribution >= 0.6 is 0 Å². The van der Waals surface area contributed by atoms with Gasteiger partial charge in [0.25, 0.3) is 0 Å². The molecule has 2 unspecified atom stereocenters. The summed E-state index contributed by atoms with van der Waals surface area (Å²) in [7, 11) is 0. The maximum atomic E-state index is 14.3. The highest BCUT2D eigenvalue weighted by molar-refractivity contribution is 5.91. The Kier molecular flexibility index (Phi) is 6.93. The lowest BCUT2D eigenvalue weighted by Crippen LogP contribution is -2.52. The molecule has 0 amide bonds. The maximum Gasteiger partial charge on any atom is 0.185 e. The van der Waals surface area contributed by atoms with E-state index < -0.39 is 37.5 Å². The van der Waals surface area contributed by atoms with Gasteiger partial charge in [-0.3, -0.25) is 10.7 Å². The Labute approximate surface area is 145 Å². The van der Waals surface area contributed by atoms with Gasteiger partial charge >= 0.3 is 0 Å². The molecule has 0 radical (unpaired) electrons. The minimum Gasteiger partial charge on any atom is -0.394 e. The number of nitrogens with two attached hydrogens (primary N) is 2. The first-order valence-corrected chi connectivity index (χ1v) is 8.12. The summed E-state index contributed by atoms with van der Waals surface area (Å²) in [6.45, 7) is 0.683. The van der Waals surface area contributed by atoms with Gasteiger partial charge in [0, 0.05) is 12.7 Å². The fourth-order valence-electron chi connectivity index (χ4n) is 2.67. The zero-order chi connectivity index (χ0) is 18.4. The van der Waals surface area contributed by atoms with Crippen LogP contribution in [-0.4, -0.2) is 77.5 Å². The lowest BCUT2D eigenvalue weighted by molar-refractivity contribution is -0.0863. The van der Waals surface area contributed by atoms with Crippen molar-refractivity contribution in [3.8, 4) is 0 Å². The van der Waals surface area contributed by atoms with Crippen LogP contribution in [0.25, 0.3) is 0 Å². The summed E-state index contributed by atoms with van der Waals surface area (Å²) in [6.07, 6.45) is -1.14. The normalized spacial score (nSPS) is 31.9. The second kappa shape index (κ2) is 8.94. The maximum absolute atomic E-state index is 14.3. The SMILES string of the molecule is N=C(N)NCCCCNC1N=C(N)C=CN1[C@@H]1O[C@H](CO)C(O)[C@@H]1F. The predicted molar refractivity (Wildman–Crippen MR) is 90.2 cm³/mol. The molecule has 2 rings (SSSR count). The van der Waals surface area contributed by atoms with Crippen LogP contribution < -0.4 is 22.1 Å². The van der Waals surface area contributed by atoms with Crippen molar-refractivity contribution in [2.45, 2.75) is 43.7 Å². The summed E-state index contributed by atoms with van der Waals surface area (Å²) in [6, 6.07) is 0. The predicted octanol–water partition coefficient (Wildman–Crippen LogP) is -2.27. The van der Waals surface area contributed by atoms with Gasteiger partial charge in [0.1, 0.15) is 18.0 Å². The molecule has 0 bridgehead atoms. The van der Waals surface area contributed by atoms with Crippen molar-refractivity contribution in [2.24, 2.45) is 16.5 Å². The zero-order valence-corrected chi connectivity index (χ0v) is 13.8. The van der Waals surface area contributed by atoms with Crippen molar-refractivity contribution >= 4 is 11.8 Å². The number of aliphatic hydroxyl groups excluding tert-OH is 2. The topological polar surface area (TPSA) is 165 Å². The fourth-order valence-corrected chi connectivity index (χ4v) is 2.67. The highest BCUT2D eigenvalue weighted by atomic mass is 19.1. The van der Waals surface area contributed by atoms with Crippen LogP contribution in [-0.2, 0) is 4.74 Å². The third kappa shape index (κ3) is 5.01. The fraction of sp³-hybridized carbons (Fsp3) is 0.714. The molecule has 142 valence electrons. The largest absolute Gasteiger partial charge is 0.394 e. The smallest absolute Gasteiger partial charge is 0.185 e. The van der Waals surface area contributed by atoms with E-state index in [0.29, 0.717) is 18.9 Å². The first-order chi connectivity index (χ1) is 11.9. The highest BCUT2D eigenvalue weighted by Crippen LogP contribution is 2.28. The van der Waals surface area contributed by atoms with Crippen LogP contribution in [0.4, 0.5) is 4.39 Å². The summed E-state index contributed by atoms with van der Waals surface area (Å²) >= 11 is 0. The van der Waals surface area contributed by atoms with Crippen LogP contribution in [0.2, 0.25) is 0 Å². The highest BCUT2D eigenvalue weighted by Gasteiger charge is 2.47. The molecule has 25 heavy (non-hydrogen) atoms. The number of alkyl halides is 1. The number of nitrogens with zero attached hydrogens (tertiary/aromatic N) is 2. The standard InChI is InChI=1S/C14H26FN7O3/c15-10-11(24)8(7-23)25-12(10)22-6-3-9(16)21-14(22)20-5-2-1-4-19-13(17)18/h3,6,8,10-12,14,20,23-24H,1-2,4-5,7H2,(H2,16,21)(H4,17,18,19)/t8-,10+,11?,12-,14?/m1/s1. The first-order valence-electron chi connectivity index (χ1n) is 8.12. The van der Waals surface area contributed by atoms with E-state index in [1.165, 1.54) is 11.0 Å². The molecule has 2 aliphatic rings. The van der Waals surface area contributed by atoms with Gasteiger partial charge in [0.05, 0.1) is 6.61 Å². The summed E-state index contributed by atoms with van der Waals surface area (Å²) < 4.78 is 19.7. The number of hydrogen-bond acceptors (Lipinski definition) is 8. The molecule has 10 nitrogen and oxygen atoms in total. The van der Waals surface area contributed by atoms with Crippen LogP contribution in [0.3, 0.4) is 0 Å². The minimum absolute atomic E-state index is 0.0710. The number of guanidine groups is 1. The van der Waals surface area contributed by atoms with Crippen LogP contribution in [0, 0.1) is 5.41 Å². The number of ether oxygens (including phenoxy) is 1. The van der Waals surface area contributed by atoms with E-state index in [1.54, 1.807) is 6.20 Å². The molecule has 0 spiro atoms. The van der Waals surface area contributed by atoms with E-state index in [1.807, 2.05) is 0 Å². The number of aliphatic hydroxyl groups is 2. The second-order valence-corrected chi connectivity index (χ2v) is 5.87. The van der Waals surface area contributed by atoms with Crippen molar-refractivity contribution in [2.75, 3.05) is 19.7 Å². The van der Waals surface area contributed by atoms with Crippen molar-refractivity contribution in [1.29, 1.82) is 5.41 Å². The Morgan fingerprint density at radius 3 is 2.80 bits per heavy atom. The second-order valence-electron chi connectivity index (χ2n) is 5.87. The third-order valence-corrected chi connectivity index (χ3v) is 3.98. The van der Waals surface area contributed by atoms with Gasteiger partial charge in [-0.05, 0) is 25.5 Å². The van der Waals surface area contributed by atoms with Gasteiger partial charge in [0.15, 0.2) is 24.6 Å². The molecule has 2 aliphatic heterocycles. The number of unbranched alkanes of at least 4 members (excludes halogenated alkanes) is 1. The van der Waals surface area contributed by atoms with Crippen molar-refractivity contribution in [3.63, 3.8) is 0 Å². The molecule has 1 saturated heterocycles. The van der Waals surface area contributed by atoms with Gasteiger partial charge in [0.2, 0.25) is 0 Å². The van der Waals surface area contributed by atoms with Crippen LogP contribution in [0.15, 0.2) is 17.3 Å². The van der Waals surface area contributed by atoms with E-state index in [-0.39, 0.29) is 5.96 Å². The van der Waals surface area contributed by atoms with E-state index in [4.69, 9.17) is 26.7 Å². The molecular weight excluding hydrogens is 333 g/mol. The van der Waals surface area contributed by atoms with Gasteiger partial charge in [-0.25, -0.2) is 9.38 Å². The molecule has 0 aromatic carbocycles. The number of nitrogens with one attached hydrogen (secondary N) is 3. The molecule has 0 aromatic rings. The van der Waals surface area contributed by atoms with Gasteiger partial charge < -0.3 is 36.6 Å². The van der Waals surface area contributed by atoms with Gasteiger partial charge in [-0.1, -0.05) is 0 Å². The van der Waals surface area contributed by atoms with Gasteiger partial charge in [-0.2, -0.15) is 0 Å². The summed E-state index contributed by atoms with van der Waals surface area (Å²) in [4.78, 5) is 5.72. The Hall–Kier alpha value is -1.95. The molecular formula is C14H26FN7O3. The monoisotopic (exact) mass is 359 g/mol. The molecule has 1 fully saturated rings. The van der Waals surface area contributed by atoms with E-state index in [0.717, 1.165) is 12.8 Å². The molecule has 9 N–H and O–H groups in total. The van der Waals surface area contributed by atoms with Crippen LogP contribution in [0.5, 0.6) is 0 Å². The number of rotatable bonds is 8. The Morgan fingerprint density at radius 2 is 2.16 bits per heavy atom. The summed E-state index contributed by atoms with van der Waals surface area (Å²) in [5.74, 6) is 0.220. The lowest BCUT2D eigenvalue weighted by Gasteiger charge is -2.35. The Balaban J connectivity index is 1.88. The van der Waals surface area contributed by atoms with Gasteiger partial charge in [-0.15, -0.1) is 0 Å². The zero-order valence-electron chi connectivity index (χ0n) is 13.8. The number of hydrogen-bond donors (Lipinski definition) is 7. The molecule has 0 saturated carbocycles. The van der Waals surface area contributed by atoms with Crippen LogP contribution in [0.1, 0.15) is 12.8 Å². The minimum atomic E-state index is -1.68. The molecule has 2 heterocycles. The van der Waals surface area contributed by atoms with E-state index in [9.17, 15) is 9.50 Å². The van der Waals surface area contributed by atoms with E-state index in [2.05, 4.69) is 15.6 Å². The van der Waals surface area contributed by atoms with E-state index >= 15 is 0 Å². The summed E-state index contributed by atoms with van der Waals surface area (Å²) in [5.41, 5.74) is 10.9. The van der Waals surface area contributed by atoms with Crippen molar-refractivity contribution in [3.05, 3.63) is 12.3 Å². The number of aliphatic imine (C=N–C) groups is 1. The van der Waals surface area contributed by atoms with Crippen molar-refractivity contribution in [1.82, 2.24) is 15.5 Å². The Bertz CT molecular complexity index is 519. The Morgan fingerprint density at radius 1 is 1.44 bits per heavy atom. The molecule has 5 atom stereocenters. The molecule has 0 aliphatic carbocycles. The number of halogens is 1.